The minimum absolute atomic E-state index is 0.706. The molecular weight excluding hydrogens is 456 g/mol. The first-order chi connectivity index (χ1) is 16.4. The summed E-state index contributed by atoms with van der Waals surface area (Å²) in [5.74, 6) is 0. The standard InChI is InChI=1S/C28H30N4S2/c1-29(2)21-19-27(33)31(23-11-7-5-8-12-23)25-15-17-26(18-16-25)32(24-13-9-6-10-14-24)28(34)20-22-30(3)4/h5-22H,1-4H3/b21-19+,22-20+. The highest BCUT2D eigenvalue weighted by Crippen LogP contribution is 2.31. The van der Waals surface area contributed by atoms with Crippen molar-refractivity contribution in [3.63, 3.8) is 0 Å². The van der Waals surface area contributed by atoms with Crippen molar-refractivity contribution in [1.82, 2.24) is 9.80 Å². The molecule has 0 aliphatic carbocycles. The predicted molar refractivity (Wildman–Crippen MR) is 154 cm³/mol. The molecule has 0 fully saturated rings. The van der Waals surface area contributed by atoms with Gasteiger partial charge in [-0.2, -0.15) is 0 Å². The van der Waals surface area contributed by atoms with Gasteiger partial charge in [0.05, 0.1) is 0 Å². The fourth-order valence-corrected chi connectivity index (χ4v) is 3.83. The van der Waals surface area contributed by atoms with E-state index in [1.807, 2.05) is 98.9 Å². The van der Waals surface area contributed by atoms with Gasteiger partial charge in [0, 0.05) is 63.3 Å². The molecule has 0 bridgehead atoms. The molecule has 0 radical (unpaired) electrons. The Morgan fingerprint density at radius 1 is 0.500 bits per heavy atom. The van der Waals surface area contributed by atoms with Gasteiger partial charge in [0.2, 0.25) is 0 Å². The van der Waals surface area contributed by atoms with E-state index in [4.69, 9.17) is 24.4 Å². The maximum Gasteiger partial charge on any atom is 0.112 e. The van der Waals surface area contributed by atoms with Crippen LogP contribution in [0, 0.1) is 0 Å². The smallest absolute Gasteiger partial charge is 0.112 e. The number of hydrogen-bond donors (Lipinski definition) is 0. The number of hydrogen-bond acceptors (Lipinski definition) is 4. The van der Waals surface area contributed by atoms with Crippen molar-refractivity contribution >= 4 is 57.2 Å². The third kappa shape index (κ3) is 6.76. The monoisotopic (exact) mass is 486 g/mol. The molecule has 34 heavy (non-hydrogen) atoms. The van der Waals surface area contributed by atoms with Gasteiger partial charge in [-0.25, -0.2) is 0 Å². The summed E-state index contributed by atoms with van der Waals surface area (Å²) < 4.78 is 0. The Bertz CT molecular complexity index is 1050. The molecule has 0 N–H and O–H groups in total. The first-order valence-corrected chi connectivity index (χ1v) is 11.8. The molecule has 0 aliphatic rings. The average Bonchev–Trinajstić information content (AvgIpc) is 2.84. The molecule has 3 aromatic rings. The predicted octanol–water partition coefficient (Wildman–Crippen LogP) is 6.77. The summed E-state index contributed by atoms with van der Waals surface area (Å²) in [6, 6.07) is 28.6. The maximum absolute atomic E-state index is 5.79. The van der Waals surface area contributed by atoms with Gasteiger partial charge in [0.25, 0.3) is 0 Å². The van der Waals surface area contributed by atoms with Gasteiger partial charge in [-0.15, -0.1) is 0 Å². The summed E-state index contributed by atoms with van der Waals surface area (Å²) in [7, 11) is 7.91. The summed E-state index contributed by atoms with van der Waals surface area (Å²) in [5.41, 5.74) is 3.97. The van der Waals surface area contributed by atoms with Gasteiger partial charge >= 0.3 is 0 Å². The van der Waals surface area contributed by atoms with Crippen LogP contribution in [0.15, 0.2) is 109 Å². The highest BCUT2D eigenvalue weighted by atomic mass is 32.1. The maximum atomic E-state index is 5.79. The quantitative estimate of drug-likeness (QED) is 0.256. The van der Waals surface area contributed by atoms with Crippen molar-refractivity contribution in [2.45, 2.75) is 0 Å². The Labute approximate surface area is 214 Å². The second-order valence-electron chi connectivity index (χ2n) is 8.09. The highest BCUT2D eigenvalue weighted by Gasteiger charge is 2.16. The third-order valence-electron chi connectivity index (χ3n) is 4.87. The van der Waals surface area contributed by atoms with Crippen molar-refractivity contribution in [2.24, 2.45) is 0 Å². The van der Waals surface area contributed by atoms with Crippen LogP contribution in [0.1, 0.15) is 0 Å². The van der Waals surface area contributed by atoms with Crippen LogP contribution < -0.4 is 9.80 Å². The molecule has 0 aromatic heterocycles. The van der Waals surface area contributed by atoms with Gasteiger partial charge < -0.3 is 19.6 Å². The van der Waals surface area contributed by atoms with Crippen LogP contribution in [-0.2, 0) is 0 Å². The van der Waals surface area contributed by atoms with Crippen molar-refractivity contribution in [3.8, 4) is 0 Å². The molecule has 0 atom stereocenters. The lowest BCUT2D eigenvalue weighted by Gasteiger charge is -2.27. The second-order valence-corrected chi connectivity index (χ2v) is 8.93. The van der Waals surface area contributed by atoms with E-state index in [0.717, 1.165) is 22.7 Å². The molecule has 0 spiro atoms. The Kier molecular flexibility index (Phi) is 8.96. The van der Waals surface area contributed by atoms with Gasteiger partial charge in [-0.05, 0) is 60.7 Å². The van der Waals surface area contributed by atoms with Crippen molar-refractivity contribution < 1.29 is 0 Å². The fraction of sp³-hybridized carbons (Fsp3) is 0.143. The van der Waals surface area contributed by atoms with Gasteiger partial charge in [-0.1, -0.05) is 60.8 Å². The van der Waals surface area contributed by atoms with E-state index >= 15 is 0 Å². The molecular formula is C28H30N4S2. The first-order valence-electron chi connectivity index (χ1n) is 10.9. The summed E-state index contributed by atoms with van der Waals surface area (Å²) in [5, 5.41) is 0. The molecule has 174 valence electrons. The fourth-order valence-electron chi connectivity index (χ4n) is 3.29. The van der Waals surface area contributed by atoms with Crippen LogP contribution in [-0.4, -0.2) is 48.0 Å². The number of nitrogens with zero attached hydrogens (tertiary/aromatic N) is 4. The largest absolute Gasteiger partial charge is 0.383 e. The molecule has 3 aromatic carbocycles. The Morgan fingerprint density at radius 3 is 1.09 bits per heavy atom. The number of benzene rings is 3. The van der Waals surface area contributed by atoms with Gasteiger partial charge in [0.1, 0.15) is 9.98 Å². The molecule has 4 nitrogen and oxygen atoms in total. The average molecular weight is 487 g/mol. The minimum Gasteiger partial charge on any atom is -0.383 e. The SMILES string of the molecule is CN(C)/C=C/C(=S)N(c1ccccc1)c1ccc(N(C(=S)/C=C/N(C)C)c2ccccc2)cc1. The van der Waals surface area contributed by atoms with Crippen molar-refractivity contribution in [2.75, 3.05) is 38.0 Å². The summed E-state index contributed by atoms with van der Waals surface area (Å²) in [6.07, 6.45) is 7.79. The van der Waals surface area contributed by atoms with E-state index in [2.05, 4.69) is 58.3 Å². The van der Waals surface area contributed by atoms with Gasteiger partial charge in [-0.3, -0.25) is 0 Å². The normalized spacial score (nSPS) is 10.9. The molecule has 0 saturated heterocycles. The third-order valence-corrected chi connectivity index (χ3v) is 5.50. The lowest BCUT2D eigenvalue weighted by molar-refractivity contribution is 0.564. The molecule has 0 amide bonds. The Morgan fingerprint density at radius 2 is 0.794 bits per heavy atom. The highest BCUT2D eigenvalue weighted by molar-refractivity contribution is 7.81. The van der Waals surface area contributed by atoms with E-state index in [1.165, 1.54) is 0 Å². The topological polar surface area (TPSA) is 13.0 Å². The van der Waals surface area contributed by atoms with Crippen LogP contribution in [0.2, 0.25) is 0 Å². The van der Waals surface area contributed by atoms with Crippen molar-refractivity contribution in [3.05, 3.63) is 109 Å². The lowest BCUT2D eigenvalue weighted by atomic mass is 10.2. The number of rotatable bonds is 8. The zero-order chi connectivity index (χ0) is 24.5. The number of anilines is 4. The molecule has 0 heterocycles. The van der Waals surface area contributed by atoms with Crippen LogP contribution in [0.3, 0.4) is 0 Å². The summed E-state index contributed by atoms with van der Waals surface area (Å²) >= 11 is 11.6. The zero-order valence-corrected chi connectivity index (χ0v) is 21.6. The Hall–Kier alpha value is -3.48. The van der Waals surface area contributed by atoms with Crippen LogP contribution in [0.25, 0.3) is 0 Å². The minimum atomic E-state index is 0.706. The van der Waals surface area contributed by atoms with Crippen LogP contribution in [0.4, 0.5) is 22.7 Å². The van der Waals surface area contributed by atoms with E-state index in [9.17, 15) is 0 Å². The lowest BCUT2D eigenvalue weighted by Crippen LogP contribution is -2.24. The summed E-state index contributed by atoms with van der Waals surface area (Å²) in [4.78, 5) is 9.48. The van der Waals surface area contributed by atoms with E-state index < -0.39 is 0 Å². The summed E-state index contributed by atoms with van der Waals surface area (Å²) in [6.45, 7) is 0. The molecule has 6 heteroatoms. The number of thiocarbonyl (C=S) groups is 2. The van der Waals surface area contributed by atoms with Crippen LogP contribution in [0.5, 0.6) is 0 Å². The van der Waals surface area contributed by atoms with E-state index in [-0.39, 0.29) is 0 Å². The van der Waals surface area contributed by atoms with Crippen molar-refractivity contribution in [1.29, 1.82) is 0 Å². The Balaban J connectivity index is 2.00. The zero-order valence-electron chi connectivity index (χ0n) is 20.0. The first kappa shape index (κ1) is 25.1. The van der Waals surface area contributed by atoms with E-state index in [1.54, 1.807) is 0 Å². The van der Waals surface area contributed by atoms with Gasteiger partial charge in [0.15, 0.2) is 0 Å². The second kappa shape index (κ2) is 12.1. The number of para-hydroxylation sites is 2. The molecule has 3 rings (SSSR count). The van der Waals surface area contributed by atoms with Crippen LogP contribution >= 0.6 is 24.4 Å². The molecule has 0 aliphatic heterocycles. The molecule has 0 saturated carbocycles. The van der Waals surface area contributed by atoms with E-state index in [0.29, 0.717) is 9.98 Å². The molecule has 0 unspecified atom stereocenters.